The second kappa shape index (κ2) is 12.5. The quantitative estimate of drug-likeness (QED) is 0.265. The van der Waals surface area contributed by atoms with Gasteiger partial charge in [0.1, 0.15) is 5.75 Å². The number of carbonyl (C=O) groups is 1. The molecule has 210 valence electrons. The number of likely N-dealkylation sites (tertiary alicyclic amines) is 1. The number of nitrogens with zero attached hydrogens (tertiary/aromatic N) is 2. The molecule has 0 spiro atoms. The van der Waals surface area contributed by atoms with Crippen molar-refractivity contribution in [3.63, 3.8) is 0 Å². The maximum Gasteiger partial charge on any atom is 0.303 e. The largest absolute Gasteiger partial charge is 0.497 e. The van der Waals surface area contributed by atoms with Crippen LogP contribution in [0.25, 0.3) is 10.9 Å². The highest BCUT2D eigenvalue weighted by Gasteiger charge is 2.37. The SMILES string of the molecule is COc1ccc2ncc(Cl)c([C@@H](O)CCC3(CC(=O)O)CCN(CCCc4cc(F)c(F)c(F)c4)CC3)c2c1. The van der Waals surface area contributed by atoms with Crippen molar-refractivity contribution in [2.45, 2.75) is 51.0 Å². The molecule has 4 rings (SSSR count). The van der Waals surface area contributed by atoms with Crippen molar-refractivity contribution in [3.05, 3.63) is 70.1 Å². The Kier molecular flexibility index (Phi) is 9.35. The van der Waals surface area contributed by atoms with Gasteiger partial charge in [-0.2, -0.15) is 0 Å². The number of aliphatic hydroxyl groups is 1. The van der Waals surface area contributed by atoms with Crippen molar-refractivity contribution in [1.82, 2.24) is 9.88 Å². The summed E-state index contributed by atoms with van der Waals surface area (Å²) in [4.78, 5) is 18.3. The van der Waals surface area contributed by atoms with Gasteiger partial charge in [0.25, 0.3) is 0 Å². The number of halogens is 4. The highest BCUT2D eigenvalue weighted by atomic mass is 35.5. The first-order valence-corrected chi connectivity index (χ1v) is 13.4. The first kappa shape index (κ1) is 29.1. The molecule has 0 saturated carbocycles. The highest BCUT2D eigenvalue weighted by Crippen LogP contribution is 2.43. The lowest BCUT2D eigenvalue weighted by atomic mass is 9.71. The van der Waals surface area contributed by atoms with Crippen molar-refractivity contribution < 1.29 is 32.9 Å². The van der Waals surface area contributed by atoms with Crippen LogP contribution in [0.2, 0.25) is 5.02 Å². The third-order valence-electron chi connectivity index (χ3n) is 7.78. The first-order valence-electron chi connectivity index (χ1n) is 13.0. The van der Waals surface area contributed by atoms with Crippen LogP contribution < -0.4 is 4.74 Å². The fourth-order valence-corrected chi connectivity index (χ4v) is 5.84. The van der Waals surface area contributed by atoms with Crippen molar-refractivity contribution in [2.75, 3.05) is 26.7 Å². The molecule has 3 aromatic rings. The van der Waals surface area contributed by atoms with E-state index in [0.717, 1.165) is 12.1 Å². The fraction of sp³-hybridized carbons (Fsp3) is 0.448. The average Bonchev–Trinajstić information content (AvgIpc) is 2.90. The normalized spacial score (nSPS) is 16.4. The molecule has 1 atom stereocenters. The van der Waals surface area contributed by atoms with Crippen molar-refractivity contribution >= 4 is 28.5 Å². The third-order valence-corrected chi connectivity index (χ3v) is 8.08. The van der Waals surface area contributed by atoms with Crippen LogP contribution in [0.3, 0.4) is 0 Å². The molecule has 2 aromatic carbocycles. The van der Waals surface area contributed by atoms with E-state index in [1.165, 1.54) is 6.20 Å². The Labute approximate surface area is 230 Å². The maximum absolute atomic E-state index is 13.5. The number of piperidine rings is 1. The van der Waals surface area contributed by atoms with E-state index in [9.17, 15) is 28.2 Å². The summed E-state index contributed by atoms with van der Waals surface area (Å²) < 4.78 is 45.5. The molecule has 2 N–H and O–H groups in total. The molecule has 6 nitrogen and oxygen atoms in total. The molecule has 39 heavy (non-hydrogen) atoms. The second-order valence-corrected chi connectivity index (χ2v) is 10.8. The summed E-state index contributed by atoms with van der Waals surface area (Å²) in [6.07, 6.45) is 3.77. The molecule has 2 heterocycles. The Balaban J connectivity index is 1.38. The van der Waals surface area contributed by atoms with Gasteiger partial charge in [0.05, 0.1) is 30.2 Å². The minimum Gasteiger partial charge on any atom is -0.497 e. The summed E-state index contributed by atoms with van der Waals surface area (Å²) in [7, 11) is 1.56. The smallest absolute Gasteiger partial charge is 0.303 e. The van der Waals surface area contributed by atoms with Gasteiger partial charge in [0.15, 0.2) is 17.5 Å². The predicted molar refractivity (Wildman–Crippen MR) is 142 cm³/mol. The van der Waals surface area contributed by atoms with Gasteiger partial charge in [-0.15, -0.1) is 0 Å². The van der Waals surface area contributed by atoms with Crippen LogP contribution in [0, 0.1) is 22.9 Å². The summed E-state index contributed by atoms with van der Waals surface area (Å²) in [5.41, 5.74) is 1.16. The van der Waals surface area contributed by atoms with Crippen LogP contribution in [-0.2, 0) is 11.2 Å². The van der Waals surface area contributed by atoms with E-state index in [0.29, 0.717) is 91.0 Å². The highest BCUT2D eigenvalue weighted by molar-refractivity contribution is 6.32. The summed E-state index contributed by atoms with van der Waals surface area (Å²) in [6.45, 7) is 2.02. The molecular weight excluding hydrogens is 533 g/mol. The number of aryl methyl sites for hydroxylation is 1. The predicted octanol–water partition coefficient (Wildman–Crippen LogP) is 6.32. The number of pyridine rings is 1. The van der Waals surface area contributed by atoms with Gasteiger partial charge in [0.2, 0.25) is 0 Å². The number of benzene rings is 2. The Morgan fingerprint density at radius 2 is 1.87 bits per heavy atom. The molecule has 0 unspecified atom stereocenters. The monoisotopic (exact) mass is 564 g/mol. The van der Waals surface area contributed by atoms with Gasteiger partial charge in [-0.25, -0.2) is 13.2 Å². The van der Waals surface area contributed by atoms with E-state index in [4.69, 9.17) is 16.3 Å². The lowest BCUT2D eigenvalue weighted by molar-refractivity contribution is -0.141. The molecule has 1 saturated heterocycles. The number of aromatic nitrogens is 1. The molecule has 1 fully saturated rings. The van der Waals surface area contributed by atoms with Crippen LogP contribution >= 0.6 is 11.6 Å². The number of fused-ring (bicyclic) bond motifs is 1. The molecule has 1 aromatic heterocycles. The summed E-state index contributed by atoms with van der Waals surface area (Å²) >= 11 is 6.45. The number of carboxylic acids is 1. The van der Waals surface area contributed by atoms with Crippen molar-refractivity contribution in [3.8, 4) is 5.75 Å². The van der Waals surface area contributed by atoms with Crippen molar-refractivity contribution in [1.29, 1.82) is 0 Å². The lowest BCUT2D eigenvalue weighted by Crippen LogP contribution is -2.41. The van der Waals surface area contributed by atoms with Gasteiger partial charge in [-0.3, -0.25) is 9.78 Å². The molecule has 0 aliphatic carbocycles. The van der Waals surface area contributed by atoms with Crippen LogP contribution in [-0.4, -0.2) is 52.8 Å². The minimum absolute atomic E-state index is 0.000338. The third kappa shape index (κ3) is 7.01. The zero-order valence-corrected chi connectivity index (χ0v) is 22.5. The van der Waals surface area contributed by atoms with Gasteiger partial charge in [-0.05, 0) is 99.5 Å². The topological polar surface area (TPSA) is 82.9 Å². The van der Waals surface area contributed by atoms with Crippen LogP contribution in [0.4, 0.5) is 13.2 Å². The molecule has 0 amide bonds. The maximum atomic E-state index is 13.5. The van der Waals surface area contributed by atoms with E-state index < -0.39 is 34.9 Å². The number of ether oxygens (including phenoxy) is 1. The van der Waals surface area contributed by atoms with Crippen LogP contribution in [0.15, 0.2) is 36.5 Å². The fourth-order valence-electron chi connectivity index (χ4n) is 5.57. The van der Waals surface area contributed by atoms with Crippen LogP contribution in [0.1, 0.15) is 55.8 Å². The molecule has 10 heteroatoms. The summed E-state index contributed by atoms with van der Waals surface area (Å²) in [5, 5.41) is 21.9. The molecule has 1 aliphatic heterocycles. The van der Waals surface area contributed by atoms with Gasteiger partial charge >= 0.3 is 5.97 Å². The first-order chi connectivity index (χ1) is 18.6. The lowest BCUT2D eigenvalue weighted by Gasteiger charge is -2.41. The number of hydrogen-bond acceptors (Lipinski definition) is 5. The molecule has 1 aliphatic rings. The Morgan fingerprint density at radius 3 is 2.51 bits per heavy atom. The second-order valence-electron chi connectivity index (χ2n) is 10.3. The van der Waals surface area contributed by atoms with E-state index in [-0.39, 0.29) is 6.42 Å². The molecular formula is C29H32ClF3N2O4. The van der Waals surface area contributed by atoms with E-state index >= 15 is 0 Å². The summed E-state index contributed by atoms with van der Waals surface area (Å²) in [5.74, 6) is -4.11. The average molecular weight is 565 g/mol. The molecule has 0 bridgehead atoms. The van der Waals surface area contributed by atoms with E-state index in [1.54, 1.807) is 25.3 Å². The van der Waals surface area contributed by atoms with Gasteiger partial charge in [-0.1, -0.05) is 11.6 Å². The van der Waals surface area contributed by atoms with E-state index in [2.05, 4.69) is 9.88 Å². The number of aliphatic carboxylic acids is 1. The number of carboxylic acid groups (broad SMARTS) is 1. The number of methoxy groups -OCH3 is 1. The standard InChI is InChI=1S/C29H32ClF3N2O4/c1-39-19-4-5-24-20(15-19)27(21(30)17-34-24)25(36)6-7-29(16-26(37)38)8-11-35(12-9-29)10-2-3-18-13-22(31)28(33)23(32)14-18/h4-5,13-15,17,25,36H,2-3,6-12,16H2,1H3,(H,37,38)/t25-/m0/s1. The Hall–Kier alpha value is -2.88. The summed E-state index contributed by atoms with van der Waals surface area (Å²) in [6, 6.07) is 7.40. The van der Waals surface area contributed by atoms with Gasteiger partial charge in [0, 0.05) is 17.1 Å². The number of aliphatic hydroxyl groups excluding tert-OH is 1. The number of hydrogen-bond donors (Lipinski definition) is 2. The number of rotatable bonds is 11. The molecule has 0 radical (unpaired) electrons. The van der Waals surface area contributed by atoms with Crippen LogP contribution in [0.5, 0.6) is 5.75 Å². The Bertz CT molecular complexity index is 1310. The Morgan fingerprint density at radius 1 is 1.18 bits per heavy atom. The van der Waals surface area contributed by atoms with E-state index in [1.807, 2.05) is 0 Å². The zero-order chi connectivity index (χ0) is 28.2. The minimum atomic E-state index is -1.46. The van der Waals surface area contributed by atoms with Gasteiger partial charge < -0.3 is 19.8 Å². The zero-order valence-electron chi connectivity index (χ0n) is 21.7. The van der Waals surface area contributed by atoms with Crippen molar-refractivity contribution in [2.24, 2.45) is 5.41 Å².